The number of pyridine rings is 1. The number of amides is 2. The van der Waals surface area contributed by atoms with Gasteiger partial charge >= 0.3 is 6.09 Å². The van der Waals surface area contributed by atoms with Gasteiger partial charge in [-0.15, -0.1) is 0 Å². The van der Waals surface area contributed by atoms with Crippen LogP contribution in [0.15, 0.2) is 30.3 Å². The Labute approximate surface area is 199 Å². The van der Waals surface area contributed by atoms with E-state index in [0.29, 0.717) is 5.69 Å². The van der Waals surface area contributed by atoms with E-state index in [1.807, 2.05) is 31.2 Å². The lowest BCUT2D eigenvalue weighted by Crippen LogP contribution is -2.50. The van der Waals surface area contributed by atoms with E-state index in [9.17, 15) is 14.0 Å². The average Bonchev–Trinajstić information content (AvgIpc) is 2.75. The molecule has 2 amide bonds. The fourth-order valence-corrected chi connectivity index (χ4v) is 3.99. The molecule has 0 saturated heterocycles. The number of carbonyl (C=O) groups excluding carboxylic acids is 2. The summed E-state index contributed by atoms with van der Waals surface area (Å²) in [6.45, 7) is 7.44. The molecule has 0 bridgehead atoms. The van der Waals surface area contributed by atoms with E-state index in [0.717, 1.165) is 43.7 Å². The van der Waals surface area contributed by atoms with Crippen LogP contribution in [0.25, 0.3) is 0 Å². The molecule has 1 heterocycles. The van der Waals surface area contributed by atoms with Gasteiger partial charge in [0.2, 0.25) is 0 Å². The summed E-state index contributed by atoms with van der Waals surface area (Å²) in [6.07, 6.45) is 3.65. The van der Waals surface area contributed by atoms with E-state index >= 15 is 0 Å². The number of anilines is 3. The van der Waals surface area contributed by atoms with Crippen molar-refractivity contribution >= 4 is 29.3 Å². The molecule has 1 saturated carbocycles. The Kier molecular flexibility index (Phi) is 7.96. The van der Waals surface area contributed by atoms with E-state index < -0.39 is 23.4 Å². The number of benzene rings is 1. The summed E-state index contributed by atoms with van der Waals surface area (Å²) in [5.41, 5.74) is 6.65. The van der Waals surface area contributed by atoms with E-state index in [4.69, 9.17) is 10.5 Å². The summed E-state index contributed by atoms with van der Waals surface area (Å²) in [4.78, 5) is 28.6. The van der Waals surface area contributed by atoms with Gasteiger partial charge in [-0.3, -0.25) is 4.79 Å². The summed E-state index contributed by atoms with van der Waals surface area (Å²) in [5.74, 6) is -1.32. The zero-order chi connectivity index (χ0) is 24.9. The van der Waals surface area contributed by atoms with Gasteiger partial charge in [0, 0.05) is 11.7 Å². The number of nitrogens with zero attached hydrogens (tertiary/aromatic N) is 1. The molecule has 0 spiro atoms. The zero-order valence-electron chi connectivity index (χ0n) is 20.2. The lowest BCUT2D eigenvalue weighted by atomic mass is 9.90. The van der Waals surface area contributed by atoms with Crippen molar-refractivity contribution in [2.75, 3.05) is 10.6 Å². The molecule has 34 heavy (non-hydrogen) atoms. The second-order valence-electron chi connectivity index (χ2n) is 9.55. The number of rotatable bonds is 7. The maximum atomic E-state index is 14.9. The van der Waals surface area contributed by atoms with Crippen molar-refractivity contribution in [1.29, 1.82) is 0 Å². The summed E-state index contributed by atoms with van der Waals surface area (Å²) in [6, 6.07) is 8.24. The SMILES string of the molecule is CCc1cccc(Nc2nc(N[C@@H]3CCCC[C@@H]3NC(=O)OC(C)(C)C)c(F)cc2C(N)=O)c1. The lowest BCUT2D eigenvalue weighted by molar-refractivity contribution is 0.0488. The number of aryl methyl sites for hydroxylation is 1. The highest BCUT2D eigenvalue weighted by Gasteiger charge is 2.30. The molecule has 3 rings (SSSR count). The molecule has 1 aliphatic rings. The Morgan fingerprint density at radius 1 is 1.15 bits per heavy atom. The van der Waals surface area contributed by atoms with Crippen molar-refractivity contribution in [1.82, 2.24) is 10.3 Å². The predicted octanol–water partition coefficient (Wildman–Crippen LogP) is 4.87. The zero-order valence-corrected chi connectivity index (χ0v) is 20.2. The fourth-order valence-electron chi connectivity index (χ4n) is 3.99. The smallest absolute Gasteiger partial charge is 0.407 e. The second-order valence-corrected chi connectivity index (χ2v) is 9.55. The van der Waals surface area contributed by atoms with Crippen LogP contribution in [0.5, 0.6) is 0 Å². The predicted molar refractivity (Wildman–Crippen MR) is 131 cm³/mol. The maximum Gasteiger partial charge on any atom is 0.407 e. The van der Waals surface area contributed by atoms with Gasteiger partial charge in [-0.25, -0.2) is 14.2 Å². The first-order chi connectivity index (χ1) is 16.1. The molecule has 2 aromatic rings. The van der Waals surface area contributed by atoms with Gasteiger partial charge in [0.1, 0.15) is 11.4 Å². The molecule has 1 aromatic heterocycles. The number of aromatic nitrogens is 1. The van der Waals surface area contributed by atoms with Crippen LogP contribution in [-0.2, 0) is 11.2 Å². The van der Waals surface area contributed by atoms with Gasteiger partial charge in [0.15, 0.2) is 11.6 Å². The summed E-state index contributed by atoms with van der Waals surface area (Å²) in [7, 11) is 0. The van der Waals surface area contributed by atoms with Crippen molar-refractivity contribution in [3.63, 3.8) is 0 Å². The molecule has 5 N–H and O–H groups in total. The van der Waals surface area contributed by atoms with Crippen LogP contribution in [0.4, 0.5) is 26.5 Å². The molecule has 1 fully saturated rings. The van der Waals surface area contributed by atoms with Crippen LogP contribution in [0.1, 0.15) is 69.3 Å². The number of halogens is 1. The topological polar surface area (TPSA) is 118 Å². The third-order valence-corrected chi connectivity index (χ3v) is 5.63. The summed E-state index contributed by atoms with van der Waals surface area (Å²) >= 11 is 0. The van der Waals surface area contributed by atoms with Gasteiger partial charge < -0.3 is 26.4 Å². The molecule has 0 aliphatic heterocycles. The van der Waals surface area contributed by atoms with Crippen LogP contribution >= 0.6 is 0 Å². The molecule has 0 radical (unpaired) electrons. The Hall–Kier alpha value is -3.36. The fraction of sp³-hybridized carbons (Fsp3) is 0.480. The third kappa shape index (κ3) is 6.82. The van der Waals surface area contributed by atoms with E-state index in [1.54, 1.807) is 20.8 Å². The molecule has 0 unspecified atom stereocenters. The molecule has 1 aliphatic carbocycles. The van der Waals surface area contributed by atoms with E-state index in [1.165, 1.54) is 0 Å². The van der Waals surface area contributed by atoms with Crippen LogP contribution in [-0.4, -0.2) is 34.7 Å². The number of ether oxygens (including phenoxy) is 1. The monoisotopic (exact) mass is 471 g/mol. The quantitative estimate of drug-likeness (QED) is 0.457. The number of hydrogen-bond donors (Lipinski definition) is 4. The van der Waals surface area contributed by atoms with Crippen molar-refractivity contribution in [2.24, 2.45) is 5.73 Å². The highest BCUT2D eigenvalue weighted by molar-refractivity contribution is 5.98. The Bertz CT molecular complexity index is 1040. The van der Waals surface area contributed by atoms with Gasteiger partial charge in [-0.1, -0.05) is 31.9 Å². The second kappa shape index (κ2) is 10.7. The largest absolute Gasteiger partial charge is 0.444 e. The van der Waals surface area contributed by atoms with Gasteiger partial charge in [0.05, 0.1) is 11.6 Å². The molecule has 1 aromatic carbocycles. The number of alkyl carbamates (subject to hydrolysis) is 1. The van der Waals surface area contributed by atoms with Crippen molar-refractivity contribution in [2.45, 2.75) is 77.5 Å². The maximum absolute atomic E-state index is 14.9. The first-order valence-corrected chi connectivity index (χ1v) is 11.7. The third-order valence-electron chi connectivity index (χ3n) is 5.63. The number of primary amides is 1. The van der Waals surface area contributed by atoms with Gasteiger partial charge in [-0.2, -0.15) is 0 Å². The summed E-state index contributed by atoms with van der Waals surface area (Å²) in [5, 5.41) is 9.13. The molecule has 184 valence electrons. The Morgan fingerprint density at radius 2 is 1.85 bits per heavy atom. The van der Waals surface area contributed by atoms with E-state index in [2.05, 4.69) is 20.9 Å². The van der Waals surface area contributed by atoms with Crippen molar-refractivity contribution < 1.29 is 18.7 Å². The number of nitrogens with one attached hydrogen (secondary N) is 3. The highest BCUT2D eigenvalue weighted by Crippen LogP contribution is 2.28. The number of nitrogens with two attached hydrogens (primary N) is 1. The van der Waals surface area contributed by atoms with Gasteiger partial charge in [0.25, 0.3) is 5.91 Å². The molecule has 8 nitrogen and oxygen atoms in total. The molecular formula is C25H34FN5O3. The molecular weight excluding hydrogens is 437 g/mol. The normalized spacial score (nSPS) is 18.1. The van der Waals surface area contributed by atoms with Crippen LogP contribution in [0.3, 0.4) is 0 Å². The standard InChI is InChI=1S/C25H34FN5O3/c1-5-15-9-8-10-16(13-15)28-22-17(21(27)32)14-18(26)23(31-22)29-19-11-6-7-12-20(19)30-24(33)34-25(2,3)4/h8-10,13-14,19-20H,5-7,11-12H2,1-4H3,(H2,27,32)(H,30,33)(H2,28,29,31)/t19-,20+/m1/s1. The first kappa shape index (κ1) is 25.3. The van der Waals surface area contributed by atoms with Crippen LogP contribution in [0, 0.1) is 5.82 Å². The minimum atomic E-state index is -0.783. The van der Waals surface area contributed by atoms with E-state index in [-0.39, 0.29) is 29.3 Å². The number of hydrogen-bond acceptors (Lipinski definition) is 6. The molecule has 2 atom stereocenters. The Balaban J connectivity index is 1.84. The highest BCUT2D eigenvalue weighted by atomic mass is 19.1. The summed E-state index contributed by atoms with van der Waals surface area (Å²) < 4.78 is 20.3. The van der Waals surface area contributed by atoms with Gasteiger partial charge in [-0.05, 0) is 63.8 Å². The lowest BCUT2D eigenvalue weighted by Gasteiger charge is -2.34. The minimum Gasteiger partial charge on any atom is -0.444 e. The molecule has 9 heteroatoms. The minimum absolute atomic E-state index is 0.0120. The number of carbonyl (C=O) groups is 2. The van der Waals surface area contributed by atoms with Crippen LogP contribution < -0.4 is 21.7 Å². The Morgan fingerprint density at radius 3 is 2.50 bits per heavy atom. The average molecular weight is 472 g/mol. The van der Waals surface area contributed by atoms with Crippen molar-refractivity contribution in [3.8, 4) is 0 Å². The van der Waals surface area contributed by atoms with Crippen molar-refractivity contribution in [3.05, 3.63) is 47.3 Å². The van der Waals surface area contributed by atoms with Crippen LogP contribution in [0.2, 0.25) is 0 Å². The first-order valence-electron chi connectivity index (χ1n) is 11.7.